The third kappa shape index (κ3) is 4.95. The monoisotopic (exact) mass is 486 g/mol. The molecule has 0 spiro atoms. The number of aromatic nitrogens is 3. The lowest BCUT2D eigenvalue weighted by molar-refractivity contribution is -0.127. The molecule has 0 saturated carbocycles. The smallest absolute Gasteiger partial charge is 0.255 e. The Morgan fingerprint density at radius 3 is 2.83 bits per heavy atom. The van der Waals surface area contributed by atoms with Gasteiger partial charge in [0.2, 0.25) is 5.91 Å². The van der Waals surface area contributed by atoms with Crippen molar-refractivity contribution in [3.05, 3.63) is 65.5 Å². The zero-order valence-electron chi connectivity index (χ0n) is 20.7. The number of amides is 2. The second-order valence-corrected chi connectivity index (χ2v) is 8.88. The summed E-state index contributed by atoms with van der Waals surface area (Å²) in [5, 5.41) is 8.74. The molecule has 0 bridgehead atoms. The number of primary amides is 1. The molecule has 3 N–H and O–H groups in total. The van der Waals surface area contributed by atoms with Gasteiger partial charge < -0.3 is 20.7 Å². The van der Waals surface area contributed by atoms with E-state index in [0.717, 1.165) is 28.5 Å². The topological polar surface area (TPSA) is 115 Å². The van der Waals surface area contributed by atoms with Gasteiger partial charge in [0.25, 0.3) is 5.91 Å². The van der Waals surface area contributed by atoms with E-state index in [2.05, 4.69) is 33.8 Å². The lowest BCUT2D eigenvalue weighted by atomic mass is 10.1. The molecule has 9 heteroatoms. The molecule has 1 fully saturated rings. The molecule has 1 saturated heterocycles. The number of pyridine rings is 1. The molecule has 1 aliphatic rings. The van der Waals surface area contributed by atoms with Crippen molar-refractivity contribution < 1.29 is 14.3 Å². The van der Waals surface area contributed by atoms with Gasteiger partial charge in [-0.3, -0.25) is 14.6 Å². The molecule has 3 aromatic rings. The molecule has 2 atom stereocenters. The Kier molecular flexibility index (Phi) is 7.36. The van der Waals surface area contributed by atoms with Crippen LogP contribution in [0.3, 0.4) is 0 Å². The predicted octanol–water partition coefficient (Wildman–Crippen LogP) is 2.33. The first-order chi connectivity index (χ1) is 17.4. The summed E-state index contributed by atoms with van der Waals surface area (Å²) in [4.78, 5) is 30.9. The summed E-state index contributed by atoms with van der Waals surface area (Å²) in [7, 11) is 3.33. The van der Waals surface area contributed by atoms with Gasteiger partial charge in [-0.25, -0.2) is 4.68 Å². The van der Waals surface area contributed by atoms with Crippen LogP contribution in [0.2, 0.25) is 0 Å². The summed E-state index contributed by atoms with van der Waals surface area (Å²) >= 11 is 0. The Labute approximate surface area is 210 Å². The molecule has 4 rings (SSSR count). The first-order valence-electron chi connectivity index (χ1n) is 11.7. The molecule has 0 aliphatic carbocycles. The van der Waals surface area contributed by atoms with Gasteiger partial charge in [-0.2, -0.15) is 5.10 Å². The molecule has 2 amide bonds. The van der Waals surface area contributed by atoms with Crippen LogP contribution in [0.4, 0.5) is 5.82 Å². The van der Waals surface area contributed by atoms with Crippen molar-refractivity contribution in [3.63, 3.8) is 0 Å². The van der Waals surface area contributed by atoms with E-state index in [4.69, 9.17) is 10.5 Å². The first-order valence-corrected chi connectivity index (χ1v) is 11.7. The fourth-order valence-corrected chi connectivity index (χ4v) is 4.80. The van der Waals surface area contributed by atoms with Crippen molar-refractivity contribution in [2.45, 2.75) is 25.9 Å². The predicted molar refractivity (Wildman–Crippen MR) is 138 cm³/mol. The van der Waals surface area contributed by atoms with Crippen LogP contribution >= 0.6 is 0 Å². The number of nitrogens with one attached hydrogen (secondary N) is 1. The Balaban J connectivity index is 1.64. The van der Waals surface area contributed by atoms with E-state index >= 15 is 0 Å². The Morgan fingerprint density at radius 1 is 1.33 bits per heavy atom. The number of aryl methyl sites for hydroxylation is 1. The number of fused-ring (bicyclic) bond motifs is 1. The lowest BCUT2D eigenvalue weighted by Crippen LogP contribution is -2.37. The molecule has 186 valence electrons. The van der Waals surface area contributed by atoms with Gasteiger partial charge >= 0.3 is 0 Å². The summed E-state index contributed by atoms with van der Waals surface area (Å²) in [6.07, 6.45) is 3.83. The number of hydrogen-bond donors (Lipinski definition) is 2. The number of ether oxygens (including phenoxy) is 1. The highest BCUT2D eigenvalue weighted by molar-refractivity contribution is 6.00. The number of nitrogens with two attached hydrogens (primary N) is 1. The zero-order chi connectivity index (χ0) is 25.8. The van der Waals surface area contributed by atoms with Gasteiger partial charge in [-0.1, -0.05) is 18.6 Å². The van der Waals surface area contributed by atoms with Crippen LogP contribution in [0.15, 0.2) is 43.1 Å². The summed E-state index contributed by atoms with van der Waals surface area (Å²) < 4.78 is 7.02. The van der Waals surface area contributed by atoms with Crippen LogP contribution in [0.5, 0.6) is 0 Å². The van der Waals surface area contributed by atoms with Crippen LogP contribution in [0.1, 0.15) is 33.6 Å². The fourth-order valence-electron chi connectivity index (χ4n) is 4.80. The number of methoxy groups -OCH3 is 1. The Morgan fingerprint density at radius 2 is 2.14 bits per heavy atom. The van der Waals surface area contributed by atoms with E-state index < -0.39 is 5.91 Å². The first kappa shape index (κ1) is 24.9. The van der Waals surface area contributed by atoms with Crippen LogP contribution in [-0.4, -0.2) is 64.8 Å². The summed E-state index contributed by atoms with van der Waals surface area (Å²) in [6, 6.07) is 7.74. The molecule has 9 nitrogen and oxygen atoms in total. The number of benzene rings is 1. The summed E-state index contributed by atoms with van der Waals surface area (Å²) in [6.45, 7) is 7.11. The number of nitrogens with zero attached hydrogens (tertiary/aromatic N) is 4. The number of hydrogen-bond acceptors (Lipinski definition) is 6. The second kappa shape index (κ2) is 10.6. The number of likely N-dealkylation sites (tertiary alicyclic amines) is 1. The van der Waals surface area contributed by atoms with Crippen LogP contribution in [0, 0.1) is 24.7 Å². The number of rotatable bonds is 7. The number of carbonyl (C=O) groups excluding carboxylic acids is 2. The molecule has 2 aromatic heterocycles. The standard InChI is InChI=1S/C27H30N6O3/c1-5-24(34)32-14-19(12-20(32)16-36-4)15-33-27(29-3)25(26(28)35)22(31-33)9-7-18-6-8-21-17(2)10-11-30-23(21)13-18/h5-6,8,10-11,13,19-20,29H,1,12,14-16H2,2-4H3,(H2,28,35)/t19-,20+/m0/s1. The van der Waals surface area contributed by atoms with E-state index in [1.807, 2.05) is 31.2 Å². The minimum absolute atomic E-state index is 0.0425. The molecule has 1 aliphatic heterocycles. The molecule has 1 aromatic carbocycles. The second-order valence-electron chi connectivity index (χ2n) is 8.88. The highest BCUT2D eigenvalue weighted by Crippen LogP contribution is 2.28. The lowest BCUT2D eigenvalue weighted by Gasteiger charge is -2.22. The minimum atomic E-state index is -0.613. The van der Waals surface area contributed by atoms with Crippen molar-refractivity contribution >= 4 is 28.5 Å². The molecular formula is C27H30N6O3. The Bertz CT molecular complexity index is 1380. The third-order valence-electron chi connectivity index (χ3n) is 6.47. The third-order valence-corrected chi connectivity index (χ3v) is 6.47. The average Bonchev–Trinajstić information content (AvgIpc) is 3.43. The number of carbonyl (C=O) groups is 2. The van der Waals surface area contributed by atoms with Gasteiger partial charge in [-0.05, 0) is 55.0 Å². The molecule has 36 heavy (non-hydrogen) atoms. The molecule has 0 radical (unpaired) electrons. The van der Waals surface area contributed by atoms with Crippen LogP contribution < -0.4 is 11.1 Å². The summed E-state index contributed by atoms with van der Waals surface area (Å²) in [5.74, 6) is 5.99. The fraction of sp³-hybridized carbons (Fsp3) is 0.333. The van der Waals surface area contributed by atoms with E-state index in [1.54, 1.807) is 29.9 Å². The SMILES string of the molecule is C=CC(=O)N1C[C@@H](Cn2nc(C#Cc3ccc4c(C)ccnc4c3)c(C(N)=O)c2NC)C[C@@H]1COC. The quantitative estimate of drug-likeness (QED) is 0.391. The van der Waals surface area contributed by atoms with E-state index in [-0.39, 0.29) is 23.4 Å². The van der Waals surface area contributed by atoms with Gasteiger partial charge in [-0.15, -0.1) is 0 Å². The van der Waals surface area contributed by atoms with Crippen molar-refractivity contribution in [1.29, 1.82) is 0 Å². The summed E-state index contributed by atoms with van der Waals surface area (Å²) in [5.41, 5.74) is 9.01. The van der Waals surface area contributed by atoms with E-state index in [9.17, 15) is 9.59 Å². The van der Waals surface area contributed by atoms with Gasteiger partial charge in [0.15, 0.2) is 5.69 Å². The maximum absolute atomic E-state index is 12.4. The maximum Gasteiger partial charge on any atom is 0.255 e. The normalized spacial score (nSPS) is 17.0. The van der Waals surface area contributed by atoms with Crippen LogP contribution in [0.25, 0.3) is 10.9 Å². The van der Waals surface area contributed by atoms with Crippen molar-refractivity contribution in [2.24, 2.45) is 11.7 Å². The molecule has 3 heterocycles. The van der Waals surface area contributed by atoms with Gasteiger partial charge in [0.05, 0.1) is 18.2 Å². The minimum Gasteiger partial charge on any atom is -0.383 e. The largest absolute Gasteiger partial charge is 0.383 e. The van der Waals surface area contributed by atoms with Crippen LogP contribution in [-0.2, 0) is 16.1 Å². The van der Waals surface area contributed by atoms with E-state index in [0.29, 0.717) is 31.2 Å². The van der Waals surface area contributed by atoms with E-state index in [1.165, 1.54) is 6.08 Å². The zero-order valence-corrected chi connectivity index (χ0v) is 20.7. The molecule has 0 unspecified atom stereocenters. The number of anilines is 1. The van der Waals surface area contributed by atoms with Gasteiger partial charge in [0.1, 0.15) is 11.4 Å². The van der Waals surface area contributed by atoms with Crippen molar-refractivity contribution in [2.75, 3.05) is 32.6 Å². The highest BCUT2D eigenvalue weighted by atomic mass is 16.5. The molecular weight excluding hydrogens is 456 g/mol. The maximum atomic E-state index is 12.4. The highest BCUT2D eigenvalue weighted by Gasteiger charge is 2.35. The van der Waals surface area contributed by atoms with Crippen molar-refractivity contribution in [1.82, 2.24) is 19.7 Å². The average molecular weight is 487 g/mol. The van der Waals surface area contributed by atoms with Gasteiger partial charge in [0, 0.05) is 44.4 Å². The van der Waals surface area contributed by atoms with Crippen molar-refractivity contribution in [3.8, 4) is 11.8 Å². The Hall–Kier alpha value is -4.16.